The highest BCUT2D eigenvalue weighted by Gasteiger charge is 2.26. The second-order valence-corrected chi connectivity index (χ2v) is 9.05. The van der Waals surface area contributed by atoms with Crippen LogP contribution in [0.3, 0.4) is 0 Å². The maximum absolute atomic E-state index is 13.0. The molecule has 2 aromatic heterocycles. The monoisotopic (exact) mass is 489 g/mol. The molecule has 4 rings (SSSR count). The first-order valence-corrected chi connectivity index (χ1v) is 11.9. The number of carbonyl (C=O) groups excluding carboxylic acids is 1. The van der Waals surface area contributed by atoms with Gasteiger partial charge in [0.1, 0.15) is 21.9 Å². The lowest BCUT2D eigenvalue weighted by Crippen LogP contribution is -2.21. The van der Waals surface area contributed by atoms with Crippen molar-refractivity contribution in [2.45, 2.75) is 38.9 Å². The van der Waals surface area contributed by atoms with Crippen LogP contribution in [0, 0.1) is 5.92 Å². The van der Waals surface area contributed by atoms with Gasteiger partial charge in [0.25, 0.3) is 0 Å². The van der Waals surface area contributed by atoms with Crippen LogP contribution in [-0.2, 0) is 22.4 Å². The summed E-state index contributed by atoms with van der Waals surface area (Å²) in [4.78, 5) is 15.2. The van der Waals surface area contributed by atoms with Crippen molar-refractivity contribution in [3.05, 3.63) is 58.2 Å². The van der Waals surface area contributed by atoms with E-state index < -0.39 is 12.7 Å². The number of hydrogen-bond acceptors (Lipinski definition) is 9. The van der Waals surface area contributed by atoms with Crippen molar-refractivity contribution in [3.8, 4) is 5.75 Å². The molecular weight excluding hydrogens is 464 g/mol. The van der Waals surface area contributed by atoms with E-state index in [1.165, 1.54) is 23.5 Å². The molecule has 0 unspecified atom stereocenters. The van der Waals surface area contributed by atoms with Crippen molar-refractivity contribution in [1.29, 1.82) is 0 Å². The lowest BCUT2D eigenvalue weighted by atomic mass is 10.0. The Balaban J connectivity index is 1.36. The van der Waals surface area contributed by atoms with Gasteiger partial charge in [0.05, 0.1) is 6.42 Å². The Morgan fingerprint density at radius 2 is 2.06 bits per heavy atom. The van der Waals surface area contributed by atoms with Gasteiger partial charge in [-0.25, -0.2) is 0 Å². The molecule has 0 amide bonds. The number of ether oxygens (including phenoxy) is 2. The van der Waals surface area contributed by atoms with Gasteiger partial charge in [-0.15, -0.1) is 26.6 Å². The van der Waals surface area contributed by atoms with Crippen LogP contribution in [-0.4, -0.2) is 52.5 Å². The topological polar surface area (TPSA) is 90.3 Å². The Morgan fingerprint density at radius 1 is 1.21 bits per heavy atom. The molecule has 8 nitrogen and oxygen atoms in total. The molecule has 0 aliphatic carbocycles. The van der Waals surface area contributed by atoms with Crippen LogP contribution in [0.15, 0.2) is 42.6 Å². The van der Waals surface area contributed by atoms with E-state index in [0.717, 1.165) is 36.8 Å². The van der Waals surface area contributed by atoms with E-state index in [0.29, 0.717) is 23.1 Å². The highest BCUT2D eigenvalue weighted by molar-refractivity contribution is 7.11. The fourth-order valence-corrected chi connectivity index (χ4v) is 4.96. The van der Waals surface area contributed by atoms with Crippen molar-refractivity contribution in [2.24, 2.45) is 5.92 Å². The van der Waals surface area contributed by atoms with Crippen molar-refractivity contribution >= 4 is 22.9 Å². The molecule has 11 heteroatoms. The summed E-state index contributed by atoms with van der Waals surface area (Å²) in [5.74, 6) is 1.06. The molecule has 1 aliphatic heterocycles. The van der Waals surface area contributed by atoms with Gasteiger partial charge in [-0.3, -0.25) is 4.79 Å². The predicted octanol–water partition coefficient (Wildman–Crippen LogP) is 3.89. The third-order valence-corrected chi connectivity index (χ3v) is 6.42. The molecule has 3 aromatic rings. The second kappa shape index (κ2) is 11.4. The first-order valence-electron chi connectivity index (χ1n) is 11.0. The highest BCUT2D eigenvalue weighted by atomic mass is 32.1. The lowest BCUT2D eigenvalue weighted by molar-refractivity contribution is -0.130. The minimum absolute atomic E-state index is 0.0182. The Bertz CT molecular complexity index is 1090. The molecule has 1 fully saturated rings. The zero-order valence-corrected chi connectivity index (χ0v) is 19.5. The van der Waals surface area contributed by atoms with Crippen molar-refractivity contribution < 1.29 is 23.0 Å². The molecule has 1 saturated heterocycles. The molecule has 0 N–H and O–H groups in total. The Kier molecular flexibility index (Phi) is 8.07. The van der Waals surface area contributed by atoms with Gasteiger partial charge in [0, 0.05) is 32.3 Å². The normalized spacial score (nSPS) is 16.7. The lowest BCUT2D eigenvalue weighted by Gasteiger charge is -2.16. The van der Waals surface area contributed by atoms with E-state index in [1.807, 2.05) is 12.1 Å². The Hall–Kier alpha value is -3.05. The largest absolute Gasteiger partial charge is 0.435 e. The number of rotatable bonds is 11. The molecule has 0 saturated carbocycles. The van der Waals surface area contributed by atoms with Crippen LogP contribution in [0.25, 0.3) is 0 Å². The number of nitrogens with zero attached hydrogens (tertiary/aromatic N) is 5. The number of benzene rings is 1. The van der Waals surface area contributed by atoms with E-state index in [1.54, 1.807) is 25.3 Å². The van der Waals surface area contributed by atoms with Gasteiger partial charge in [0.2, 0.25) is 0 Å². The van der Waals surface area contributed by atoms with Crippen molar-refractivity contribution in [2.75, 3.05) is 24.6 Å². The summed E-state index contributed by atoms with van der Waals surface area (Å²) < 4.78 is 35.2. The zero-order chi connectivity index (χ0) is 23.9. The maximum Gasteiger partial charge on any atom is 0.387 e. The third-order valence-electron chi connectivity index (χ3n) is 5.48. The fraction of sp³-hybridized carbons (Fsp3) is 0.435. The number of hydrogen-bond donors (Lipinski definition) is 0. The van der Waals surface area contributed by atoms with Gasteiger partial charge in [-0.05, 0) is 49.1 Å². The summed E-state index contributed by atoms with van der Waals surface area (Å²) in [5.41, 5.74) is 0.463. The number of ketones is 1. The molecule has 34 heavy (non-hydrogen) atoms. The summed E-state index contributed by atoms with van der Waals surface area (Å²) in [5, 5.41) is 18.1. The van der Waals surface area contributed by atoms with Crippen LogP contribution >= 0.6 is 11.3 Å². The first kappa shape index (κ1) is 24.1. The molecule has 2 atom stereocenters. The predicted molar refractivity (Wildman–Crippen MR) is 122 cm³/mol. The van der Waals surface area contributed by atoms with Crippen molar-refractivity contribution in [3.63, 3.8) is 0 Å². The van der Waals surface area contributed by atoms with Gasteiger partial charge in [0.15, 0.2) is 11.6 Å². The van der Waals surface area contributed by atoms with E-state index in [-0.39, 0.29) is 18.0 Å². The molecule has 180 valence electrons. The molecule has 1 aromatic carbocycles. The Morgan fingerprint density at radius 3 is 2.82 bits per heavy atom. The average Bonchev–Trinajstić information content (AvgIpc) is 3.47. The van der Waals surface area contributed by atoms with E-state index in [2.05, 4.69) is 30.0 Å². The average molecular weight is 490 g/mol. The van der Waals surface area contributed by atoms with Gasteiger partial charge in [-0.2, -0.15) is 13.9 Å². The van der Waals surface area contributed by atoms with E-state index in [9.17, 15) is 13.6 Å². The summed E-state index contributed by atoms with van der Waals surface area (Å²) in [7, 11) is 0. The molecule has 3 heterocycles. The number of anilines is 1. The highest BCUT2D eigenvalue weighted by Crippen LogP contribution is 2.28. The molecule has 0 radical (unpaired) electrons. The zero-order valence-electron chi connectivity index (χ0n) is 18.6. The van der Waals surface area contributed by atoms with Gasteiger partial charge < -0.3 is 14.4 Å². The molecule has 1 aliphatic rings. The smallest absolute Gasteiger partial charge is 0.387 e. The summed E-state index contributed by atoms with van der Waals surface area (Å²) >= 11 is 1.42. The summed E-state index contributed by atoms with van der Waals surface area (Å²) in [6, 6.07) is 9.86. The van der Waals surface area contributed by atoms with E-state index >= 15 is 0 Å². The SMILES string of the molecule is CCO[C@@H](C(=O)Cc1nnc(C[C@@H]2CCN(c3cccnn3)C2)s1)c1cccc(OC(F)F)c1. The number of Topliss-reactive ketones (excluding diaryl/α,β-unsaturated/α-hetero) is 1. The number of carbonyl (C=O) groups is 1. The van der Waals surface area contributed by atoms with Crippen LogP contribution in [0.2, 0.25) is 0 Å². The van der Waals surface area contributed by atoms with Crippen LogP contribution in [0.4, 0.5) is 14.6 Å². The van der Waals surface area contributed by atoms with Gasteiger partial charge >= 0.3 is 6.61 Å². The minimum Gasteiger partial charge on any atom is -0.435 e. The van der Waals surface area contributed by atoms with Gasteiger partial charge in [-0.1, -0.05) is 12.1 Å². The van der Waals surface area contributed by atoms with Crippen LogP contribution < -0.4 is 9.64 Å². The molecule has 0 bridgehead atoms. The Labute approximate surface area is 199 Å². The van der Waals surface area contributed by atoms with Crippen LogP contribution in [0.1, 0.15) is 35.0 Å². The molecule has 0 spiro atoms. The number of aromatic nitrogens is 4. The summed E-state index contributed by atoms with van der Waals surface area (Å²) in [6.07, 6.45) is 2.62. The molecular formula is C23H25F2N5O3S. The second-order valence-electron chi connectivity index (χ2n) is 7.91. The number of alkyl halides is 2. The summed E-state index contributed by atoms with van der Waals surface area (Å²) in [6.45, 7) is 0.911. The maximum atomic E-state index is 13.0. The van der Waals surface area contributed by atoms with Crippen LogP contribution in [0.5, 0.6) is 5.75 Å². The quantitative estimate of drug-likeness (QED) is 0.401. The number of halogens is 2. The first-order chi connectivity index (χ1) is 16.5. The standard InChI is InChI=1S/C23H25F2N5O3S/c1-2-32-22(16-5-3-6-17(12-16)33-23(24)25)18(31)13-21-29-28-20(34-21)11-15-8-10-30(14-15)19-7-4-9-26-27-19/h3-7,9,12,15,22-23H,2,8,10-11,13-14H2,1H3/t15-,22+/m0/s1. The minimum atomic E-state index is -2.94. The fourth-order valence-electron chi connectivity index (χ4n) is 4.00. The van der Waals surface area contributed by atoms with E-state index in [4.69, 9.17) is 4.74 Å². The van der Waals surface area contributed by atoms with Crippen molar-refractivity contribution in [1.82, 2.24) is 20.4 Å². The third kappa shape index (κ3) is 6.29.